The lowest BCUT2D eigenvalue weighted by Crippen LogP contribution is -2.47. The molecule has 1 N–H and O–H groups in total. The van der Waals surface area contributed by atoms with Gasteiger partial charge in [0.05, 0.1) is 24.3 Å². The van der Waals surface area contributed by atoms with Crippen LogP contribution >= 0.6 is 0 Å². The molecule has 3 rings (SSSR count). The fourth-order valence-corrected chi connectivity index (χ4v) is 3.62. The van der Waals surface area contributed by atoms with Crippen LogP contribution in [0.4, 0.5) is 5.69 Å². The molecule has 1 aliphatic heterocycles. The number of amides is 3. The zero-order valence-corrected chi connectivity index (χ0v) is 18.3. The lowest BCUT2D eigenvalue weighted by Gasteiger charge is -2.27. The van der Waals surface area contributed by atoms with Crippen molar-refractivity contribution >= 4 is 23.4 Å². The molecule has 2 aromatic rings. The van der Waals surface area contributed by atoms with E-state index in [1.807, 2.05) is 27.7 Å². The van der Waals surface area contributed by atoms with Crippen LogP contribution in [0.25, 0.3) is 0 Å². The zero-order chi connectivity index (χ0) is 22.5. The summed E-state index contributed by atoms with van der Waals surface area (Å²) < 4.78 is 11.2. The summed E-state index contributed by atoms with van der Waals surface area (Å²) in [6.07, 6.45) is 0.354. The summed E-state index contributed by atoms with van der Waals surface area (Å²) in [5.74, 6) is -0.106. The Hall–Kier alpha value is -3.35. The first-order chi connectivity index (χ1) is 14.9. The van der Waals surface area contributed by atoms with E-state index in [1.54, 1.807) is 42.5 Å². The van der Waals surface area contributed by atoms with Crippen molar-refractivity contribution in [2.24, 2.45) is 5.92 Å². The standard InChI is InChI=1S/C24H28N2O5/c1-5-30-20-12-11-16(14-21(20)31-6-2)25-22(27)19(13-15(3)4)26-23(28)17-9-7-8-10-18(17)24(26)29/h7-12,14-15,19H,5-6,13H2,1-4H3,(H,25,27). The number of anilines is 1. The number of benzene rings is 2. The summed E-state index contributed by atoms with van der Waals surface area (Å²) in [5.41, 5.74) is 1.16. The third-order valence-corrected chi connectivity index (χ3v) is 4.95. The van der Waals surface area contributed by atoms with E-state index in [4.69, 9.17) is 9.47 Å². The van der Waals surface area contributed by atoms with Crippen LogP contribution in [0.15, 0.2) is 42.5 Å². The highest BCUT2D eigenvalue weighted by atomic mass is 16.5. The zero-order valence-electron chi connectivity index (χ0n) is 18.3. The molecule has 0 radical (unpaired) electrons. The van der Waals surface area contributed by atoms with Gasteiger partial charge in [-0.05, 0) is 50.5 Å². The monoisotopic (exact) mass is 424 g/mol. The van der Waals surface area contributed by atoms with Crippen LogP contribution in [0.5, 0.6) is 11.5 Å². The Morgan fingerprint density at radius 2 is 1.52 bits per heavy atom. The lowest BCUT2D eigenvalue weighted by molar-refractivity contribution is -0.120. The minimum absolute atomic E-state index is 0.0966. The molecule has 0 fully saturated rings. The molecule has 31 heavy (non-hydrogen) atoms. The van der Waals surface area contributed by atoms with E-state index < -0.39 is 23.8 Å². The van der Waals surface area contributed by atoms with Crippen LogP contribution in [0.3, 0.4) is 0 Å². The highest BCUT2D eigenvalue weighted by Gasteiger charge is 2.42. The number of carbonyl (C=O) groups excluding carboxylic acids is 3. The van der Waals surface area contributed by atoms with Crippen molar-refractivity contribution in [3.8, 4) is 11.5 Å². The van der Waals surface area contributed by atoms with Crippen molar-refractivity contribution in [3.05, 3.63) is 53.6 Å². The van der Waals surface area contributed by atoms with Gasteiger partial charge in [0.2, 0.25) is 5.91 Å². The van der Waals surface area contributed by atoms with E-state index in [1.165, 1.54) is 0 Å². The fraction of sp³-hybridized carbons (Fsp3) is 0.375. The van der Waals surface area contributed by atoms with Gasteiger partial charge in [-0.25, -0.2) is 0 Å². The molecule has 0 saturated heterocycles. The molecule has 0 aliphatic carbocycles. The molecule has 1 unspecified atom stereocenters. The number of imide groups is 1. The summed E-state index contributed by atoms with van der Waals surface area (Å²) in [7, 11) is 0. The Bertz CT molecular complexity index is 951. The van der Waals surface area contributed by atoms with Crippen LogP contribution in [0.1, 0.15) is 54.8 Å². The van der Waals surface area contributed by atoms with E-state index >= 15 is 0 Å². The maximum absolute atomic E-state index is 13.2. The van der Waals surface area contributed by atoms with Crippen LogP contribution in [-0.4, -0.2) is 41.9 Å². The quantitative estimate of drug-likeness (QED) is 0.612. The molecule has 0 spiro atoms. The number of hydrogen-bond acceptors (Lipinski definition) is 5. The van der Waals surface area contributed by atoms with Crippen molar-refractivity contribution in [2.45, 2.75) is 40.2 Å². The SMILES string of the molecule is CCOc1ccc(NC(=O)C(CC(C)C)N2C(=O)c3ccccc3C2=O)cc1OCC. The topological polar surface area (TPSA) is 84.9 Å². The van der Waals surface area contributed by atoms with Crippen LogP contribution in [0.2, 0.25) is 0 Å². The number of carbonyl (C=O) groups is 3. The Kier molecular flexibility index (Phi) is 6.95. The molecule has 0 aromatic heterocycles. The van der Waals surface area contributed by atoms with E-state index in [0.717, 1.165) is 4.90 Å². The summed E-state index contributed by atoms with van der Waals surface area (Å²) in [6.45, 7) is 8.57. The van der Waals surface area contributed by atoms with Gasteiger partial charge in [0.1, 0.15) is 6.04 Å². The minimum Gasteiger partial charge on any atom is -0.490 e. The summed E-state index contributed by atoms with van der Waals surface area (Å²) in [6, 6.07) is 10.8. The first kappa shape index (κ1) is 22.3. The average molecular weight is 424 g/mol. The second kappa shape index (κ2) is 9.64. The molecular weight excluding hydrogens is 396 g/mol. The number of nitrogens with one attached hydrogen (secondary N) is 1. The minimum atomic E-state index is -0.922. The van der Waals surface area contributed by atoms with Crippen LogP contribution in [-0.2, 0) is 4.79 Å². The molecule has 2 aromatic carbocycles. The Balaban J connectivity index is 1.87. The highest BCUT2D eigenvalue weighted by molar-refractivity contribution is 6.23. The maximum Gasteiger partial charge on any atom is 0.262 e. The van der Waals surface area contributed by atoms with Crippen molar-refractivity contribution in [2.75, 3.05) is 18.5 Å². The normalized spacial score (nSPS) is 13.9. The summed E-state index contributed by atoms with van der Waals surface area (Å²) in [4.78, 5) is 40.2. The third-order valence-electron chi connectivity index (χ3n) is 4.95. The summed E-state index contributed by atoms with van der Waals surface area (Å²) >= 11 is 0. The maximum atomic E-state index is 13.2. The number of ether oxygens (including phenoxy) is 2. The summed E-state index contributed by atoms with van der Waals surface area (Å²) in [5, 5.41) is 2.84. The first-order valence-electron chi connectivity index (χ1n) is 10.5. The molecule has 164 valence electrons. The number of hydrogen-bond donors (Lipinski definition) is 1. The molecule has 3 amide bonds. The van der Waals surface area contributed by atoms with Gasteiger partial charge in [-0.15, -0.1) is 0 Å². The molecular formula is C24H28N2O5. The molecule has 7 nitrogen and oxygen atoms in total. The fourth-order valence-electron chi connectivity index (χ4n) is 3.62. The molecule has 0 saturated carbocycles. The highest BCUT2D eigenvalue weighted by Crippen LogP contribution is 2.32. The smallest absolute Gasteiger partial charge is 0.262 e. The first-order valence-corrected chi connectivity index (χ1v) is 10.5. The van der Waals surface area contributed by atoms with Gasteiger partial charge in [0, 0.05) is 11.8 Å². The predicted molar refractivity (Wildman–Crippen MR) is 118 cm³/mol. The predicted octanol–water partition coefficient (Wildman–Crippen LogP) is 4.13. The second-order valence-electron chi connectivity index (χ2n) is 7.69. The Morgan fingerprint density at radius 1 is 0.935 bits per heavy atom. The molecule has 1 heterocycles. The van der Waals surface area contributed by atoms with E-state index in [0.29, 0.717) is 47.9 Å². The van der Waals surface area contributed by atoms with Gasteiger partial charge in [0.15, 0.2) is 11.5 Å². The van der Waals surface area contributed by atoms with Crippen LogP contribution in [0, 0.1) is 5.92 Å². The van der Waals surface area contributed by atoms with Gasteiger partial charge in [-0.2, -0.15) is 0 Å². The third kappa shape index (κ3) is 4.71. The van der Waals surface area contributed by atoms with E-state index in [2.05, 4.69) is 5.32 Å². The van der Waals surface area contributed by atoms with Crippen molar-refractivity contribution in [3.63, 3.8) is 0 Å². The van der Waals surface area contributed by atoms with E-state index in [9.17, 15) is 14.4 Å². The van der Waals surface area contributed by atoms with Gasteiger partial charge >= 0.3 is 0 Å². The van der Waals surface area contributed by atoms with Crippen molar-refractivity contribution in [1.82, 2.24) is 4.90 Å². The number of fused-ring (bicyclic) bond motifs is 1. The average Bonchev–Trinajstić information content (AvgIpc) is 2.99. The van der Waals surface area contributed by atoms with Gasteiger partial charge in [-0.3, -0.25) is 19.3 Å². The number of rotatable bonds is 9. The molecule has 7 heteroatoms. The van der Waals surface area contributed by atoms with Gasteiger partial charge < -0.3 is 14.8 Å². The van der Waals surface area contributed by atoms with Crippen LogP contribution < -0.4 is 14.8 Å². The van der Waals surface area contributed by atoms with Crippen molar-refractivity contribution in [1.29, 1.82) is 0 Å². The second-order valence-corrected chi connectivity index (χ2v) is 7.69. The van der Waals surface area contributed by atoms with Gasteiger partial charge in [0.25, 0.3) is 11.8 Å². The molecule has 1 aliphatic rings. The molecule has 0 bridgehead atoms. The largest absolute Gasteiger partial charge is 0.490 e. The lowest BCUT2D eigenvalue weighted by atomic mass is 10.0. The Morgan fingerprint density at radius 3 is 2.06 bits per heavy atom. The number of nitrogens with zero attached hydrogens (tertiary/aromatic N) is 1. The van der Waals surface area contributed by atoms with Gasteiger partial charge in [-0.1, -0.05) is 26.0 Å². The molecule has 1 atom stereocenters. The van der Waals surface area contributed by atoms with E-state index in [-0.39, 0.29) is 5.92 Å². The Labute approximate surface area is 182 Å². The van der Waals surface area contributed by atoms with Crippen molar-refractivity contribution < 1.29 is 23.9 Å².